The molecule has 0 fully saturated rings. The van der Waals surface area contributed by atoms with E-state index in [1.807, 2.05) is 18.2 Å². The average Bonchev–Trinajstić information content (AvgIpc) is 2.15. The van der Waals surface area contributed by atoms with Crippen LogP contribution in [0.3, 0.4) is 0 Å². The molecule has 0 N–H and O–H groups in total. The molecule has 1 aromatic rings. The van der Waals surface area contributed by atoms with E-state index >= 15 is 0 Å². The van der Waals surface area contributed by atoms with Crippen LogP contribution >= 0.6 is 0 Å². The fourth-order valence-corrected chi connectivity index (χ4v) is 2.08. The van der Waals surface area contributed by atoms with Gasteiger partial charge in [-0.25, -0.2) is 0 Å². The van der Waals surface area contributed by atoms with E-state index < -0.39 is 0 Å². The number of carbonyl (C=O) groups excluding carboxylic acids is 1. The zero-order valence-corrected chi connectivity index (χ0v) is 9.00. The van der Waals surface area contributed by atoms with Crippen molar-refractivity contribution in [2.45, 2.75) is 27.2 Å². The number of benzene rings is 1. The quantitative estimate of drug-likeness (QED) is 0.611. The molecule has 1 aliphatic carbocycles. The van der Waals surface area contributed by atoms with Crippen LogP contribution in [-0.2, 0) is 6.42 Å². The van der Waals surface area contributed by atoms with E-state index in [9.17, 15) is 4.79 Å². The second-order valence-electron chi connectivity index (χ2n) is 4.81. The van der Waals surface area contributed by atoms with Gasteiger partial charge in [0.05, 0.1) is 0 Å². The lowest BCUT2D eigenvalue weighted by atomic mass is 9.67. The molecule has 0 saturated carbocycles. The highest BCUT2D eigenvalue weighted by molar-refractivity contribution is 6.02. The molecular weight excluding hydrogens is 172 g/mol. The number of Topliss-reactive ketones (excluding diaryl/α,β-unsaturated/α-hetero) is 1. The van der Waals surface area contributed by atoms with E-state index in [1.165, 1.54) is 5.56 Å². The van der Waals surface area contributed by atoms with Crippen molar-refractivity contribution in [2.24, 2.45) is 11.3 Å². The third-order valence-electron chi connectivity index (χ3n) is 3.61. The lowest BCUT2D eigenvalue weighted by Crippen LogP contribution is -2.37. The molecule has 0 aromatic heterocycles. The Hall–Kier alpha value is -1.11. The van der Waals surface area contributed by atoms with Crippen LogP contribution in [-0.4, -0.2) is 5.78 Å². The highest BCUT2D eigenvalue weighted by Crippen LogP contribution is 2.38. The summed E-state index contributed by atoms with van der Waals surface area (Å²) in [4.78, 5) is 12.1. The number of fused-ring (bicyclic) bond motifs is 1. The minimum Gasteiger partial charge on any atom is -0.294 e. The molecule has 74 valence electrons. The molecule has 14 heavy (non-hydrogen) atoms. The Kier molecular flexibility index (Phi) is 1.99. The molecule has 0 spiro atoms. The molecule has 0 heterocycles. The average molecular weight is 188 g/mol. The molecule has 0 radical (unpaired) electrons. The van der Waals surface area contributed by atoms with Gasteiger partial charge in [0, 0.05) is 11.0 Å². The number of hydrogen-bond acceptors (Lipinski definition) is 1. The topological polar surface area (TPSA) is 17.1 Å². The third-order valence-corrected chi connectivity index (χ3v) is 3.61. The number of ketones is 1. The summed E-state index contributed by atoms with van der Waals surface area (Å²) in [5.41, 5.74) is 1.94. The van der Waals surface area contributed by atoms with Crippen molar-refractivity contribution >= 4 is 5.78 Å². The van der Waals surface area contributed by atoms with Gasteiger partial charge in [0.15, 0.2) is 5.78 Å². The number of hydrogen-bond donors (Lipinski definition) is 0. The lowest BCUT2D eigenvalue weighted by Gasteiger charge is -2.35. The standard InChI is InChI=1S/C13H16O/c1-9-8-10-6-4-5-7-11(10)12(14)13(9,2)3/h4-7,9H,8H2,1-3H3/t9-/m1/s1. The summed E-state index contributed by atoms with van der Waals surface area (Å²) in [6, 6.07) is 7.98. The van der Waals surface area contributed by atoms with Crippen LogP contribution in [0.1, 0.15) is 36.7 Å². The van der Waals surface area contributed by atoms with E-state index in [-0.39, 0.29) is 5.41 Å². The first kappa shape index (κ1) is 9.45. The summed E-state index contributed by atoms with van der Waals surface area (Å²) in [7, 11) is 0. The minimum absolute atomic E-state index is 0.200. The van der Waals surface area contributed by atoms with Gasteiger partial charge in [-0.15, -0.1) is 0 Å². The van der Waals surface area contributed by atoms with Crippen LogP contribution in [0.15, 0.2) is 24.3 Å². The number of rotatable bonds is 0. The SMILES string of the molecule is C[C@@H]1Cc2ccccc2C(=O)C1(C)C. The predicted octanol–water partition coefficient (Wildman–Crippen LogP) is 3.09. The Morgan fingerprint density at radius 1 is 1.29 bits per heavy atom. The van der Waals surface area contributed by atoms with E-state index in [0.717, 1.165) is 12.0 Å². The van der Waals surface area contributed by atoms with Gasteiger partial charge in [-0.3, -0.25) is 4.79 Å². The zero-order chi connectivity index (χ0) is 10.3. The van der Waals surface area contributed by atoms with Gasteiger partial charge >= 0.3 is 0 Å². The molecule has 1 aromatic carbocycles. The van der Waals surface area contributed by atoms with Crippen molar-refractivity contribution in [1.29, 1.82) is 0 Å². The van der Waals surface area contributed by atoms with Gasteiger partial charge in [0.25, 0.3) is 0 Å². The first-order chi connectivity index (χ1) is 6.53. The van der Waals surface area contributed by atoms with Crippen molar-refractivity contribution in [2.75, 3.05) is 0 Å². The van der Waals surface area contributed by atoms with Crippen LogP contribution in [0.5, 0.6) is 0 Å². The van der Waals surface area contributed by atoms with Crippen molar-refractivity contribution in [3.8, 4) is 0 Å². The lowest BCUT2D eigenvalue weighted by molar-refractivity contribution is 0.0732. The summed E-state index contributed by atoms with van der Waals surface area (Å²) in [6.45, 7) is 6.26. The maximum absolute atomic E-state index is 12.1. The molecule has 1 heteroatoms. The Morgan fingerprint density at radius 2 is 1.93 bits per heavy atom. The van der Waals surface area contributed by atoms with Gasteiger partial charge in [0.1, 0.15) is 0 Å². The monoisotopic (exact) mass is 188 g/mol. The van der Waals surface area contributed by atoms with Crippen molar-refractivity contribution in [3.63, 3.8) is 0 Å². The summed E-state index contributed by atoms with van der Waals surface area (Å²) < 4.78 is 0. The predicted molar refractivity (Wildman–Crippen MR) is 57.4 cm³/mol. The van der Waals surface area contributed by atoms with Gasteiger partial charge in [-0.05, 0) is 17.9 Å². The van der Waals surface area contributed by atoms with Crippen molar-refractivity contribution in [1.82, 2.24) is 0 Å². The van der Waals surface area contributed by atoms with E-state index in [1.54, 1.807) is 0 Å². The Labute approximate surface area is 85.1 Å². The Morgan fingerprint density at radius 3 is 2.64 bits per heavy atom. The third kappa shape index (κ3) is 1.19. The maximum Gasteiger partial charge on any atom is 0.169 e. The van der Waals surface area contributed by atoms with Crippen molar-refractivity contribution < 1.29 is 4.79 Å². The Balaban J connectivity index is 2.55. The Bertz CT molecular complexity index is 377. The first-order valence-corrected chi connectivity index (χ1v) is 5.16. The smallest absolute Gasteiger partial charge is 0.169 e. The van der Waals surface area contributed by atoms with Crippen LogP contribution in [0.2, 0.25) is 0 Å². The summed E-state index contributed by atoms with van der Waals surface area (Å²) >= 11 is 0. The summed E-state index contributed by atoms with van der Waals surface area (Å²) in [5.74, 6) is 0.733. The van der Waals surface area contributed by atoms with Gasteiger partial charge in [-0.1, -0.05) is 45.0 Å². The maximum atomic E-state index is 12.1. The van der Waals surface area contributed by atoms with Gasteiger partial charge in [0.2, 0.25) is 0 Å². The molecule has 0 bridgehead atoms. The van der Waals surface area contributed by atoms with Crippen LogP contribution in [0.4, 0.5) is 0 Å². The molecule has 0 saturated heterocycles. The van der Waals surface area contributed by atoms with Crippen molar-refractivity contribution in [3.05, 3.63) is 35.4 Å². The first-order valence-electron chi connectivity index (χ1n) is 5.16. The normalized spacial score (nSPS) is 24.5. The van der Waals surface area contributed by atoms with Crippen LogP contribution < -0.4 is 0 Å². The number of carbonyl (C=O) groups is 1. The molecule has 0 unspecified atom stereocenters. The molecular formula is C13H16O. The molecule has 1 atom stereocenters. The molecule has 0 amide bonds. The molecule has 1 aliphatic rings. The van der Waals surface area contributed by atoms with Crippen LogP contribution in [0, 0.1) is 11.3 Å². The zero-order valence-electron chi connectivity index (χ0n) is 9.00. The highest BCUT2D eigenvalue weighted by atomic mass is 16.1. The summed E-state index contributed by atoms with van der Waals surface area (Å²) in [6.07, 6.45) is 1.02. The largest absolute Gasteiger partial charge is 0.294 e. The fourth-order valence-electron chi connectivity index (χ4n) is 2.08. The van der Waals surface area contributed by atoms with Gasteiger partial charge in [-0.2, -0.15) is 0 Å². The molecule has 1 nitrogen and oxygen atoms in total. The molecule has 2 rings (SSSR count). The second kappa shape index (κ2) is 2.94. The summed E-state index contributed by atoms with van der Waals surface area (Å²) in [5, 5.41) is 0. The molecule has 0 aliphatic heterocycles. The minimum atomic E-state index is -0.200. The second-order valence-corrected chi connectivity index (χ2v) is 4.81. The van der Waals surface area contributed by atoms with E-state index in [4.69, 9.17) is 0 Å². The van der Waals surface area contributed by atoms with Crippen LogP contribution in [0.25, 0.3) is 0 Å². The highest BCUT2D eigenvalue weighted by Gasteiger charge is 2.39. The fraction of sp³-hybridized carbons (Fsp3) is 0.462. The van der Waals surface area contributed by atoms with E-state index in [0.29, 0.717) is 11.7 Å². The van der Waals surface area contributed by atoms with E-state index in [2.05, 4.69) is 26.8 Å². The van der Waals surface area contributed by atoms with Gasteiger partial charge < -0.3 is 0 Å².